The van der Waals surface area contributed by atoms with Crippen LogP contribution >= 0.6 is 0 Å². The van der Waals surface area contributed by atoms with Gasteiger partial charge in [0.15, 0.2) is 5.82 Å². The third kappa shape index (κ3) is 4.32. The van der Waals surface area contributed by atoms with Crippen LogP contribution in [0.15, 0.2) is 146 Å². The molecule has 2 heterocycles. The molecule has 0 bridgehead atoms. The van der Waals surface area contributed by atoms with E-state index in [4.69, 9.17) is 9.97 Å². The van der Waals surface area contributed by atoms with Crippen LogP contribution in [-0.2, 0) is 0 Å². The van der Waals surface area contributed by atoms with E-state index in [1.807, 2.05) is 0 Å². The number of benzene rings is 6. The lowest BCUT2D eigenvalue weighted by molar-refractivity contribution is 1.20. The van der Waals surface area contributed by atoms with Gasteiger partial charge in [-0.25, -0.2) is 9.97 Å². The molecule has 1 aliphatic rings. The molecule has 7 aromatic rings. The third-order valence-electron chi connectivity index (χ3n) is 8.84. The van der Waals surface area contributed by atoms with Crippen molar-refractivity contribution in [2.75, 3.05) is 0 Å². The van der Waals surface area contributed by atoms with Gasteiger partial charge in [0, 0.05) is 11.1 Å². The van der Waals surface area contributed by atoms with Crippen molar-refractivity contribution < 1.29 is 0 Å². The Labute approximate surface area is 253 Å². The lowest BCUT2D eigenvalue weighted by Crippen LogP contribution is -2.50. The summed E-state index contributed by atoms with van der Waals surface area (Å²) in [6.07, 6.45) is 0. The van der Waals surface area contributed by atoms with E-state index < -0.39 is 8.07 Å². The van der Waals surface area contributed by atoms with Crippen molar-refractivity contribution in [3.63, 3.8) is 0 Å². The molecule has 204 valence electrons. The first-order valence-electron chi connectivity index (χ1n) is 14.8. The molecule has 0 fully saturated rings. The lowest BCUT2D eigenvalue weighted by Gasteiger charge is -2.22. The SMILES string of the molecule is C[Si]1(C)c2ccccc2-c2nc(-c3cccc(-c4ccc5ccccc5c4)c3)nc(-c3cccc(-c4ccccc4)c3)c21. The Morgan fingerprint density at radius 1 is 0.419 bits per heavy atom. The minimum absolute atomic E-state index is 0.767. The summed E-state index contributed by atoms with van der Waals surface area (Å²) in [6, 6.07) is 52.1. The van der Waals surface area contributed by atoms with Crippen molar-refractivity contribution in [1.29, 1.82) is 0 Å². The summed E-state index contributed by atoms with van der Waals surface area (Å²) in [5.74, 6) is 0.767. The summed E-state index contributed by atoms with van der Waals surface area (Å²) in [6.45, 7) is 4.87. The molecule has 0 radical (unpaired) electrons. The Hall–Kier alpha value is -5.12. The summed E-state index contributed by atoms with van der Waals surface area (Å²) < 4.78 is 0. The second-order valence-corrected chi connectivity index (χ2v) is 16.2. The quantitative estimate of drug-likeness (QED) is 0.199. The fourth-order valence-corrected chi connectivity index (χ4v) is 9.87. The van der Waals surface area contributed by atoms with Crippen LogP contribution in [0.5, 0.6) is 0 Å². The van der Waals surface area contributed by atoms with Crippen molar-refractivity contribution in [3.8, 4) is 56.2 Å². The average Bonchev–Trinajstić information content (AvgIpc) is 3.31. The molecule has 8 rings (SSSR count). The zero-order chi connectivity index (χ0) is 29.0. The number of fused-ring (bicyclic) bond motifs is 4. The van der Waals surface area contributed by atoms with E-state index in [1.54, 1.807) is 0 Å². The predicted octanol–water partition coefficient (Wildman–Crippen LogP) is 9.10. The Kier molecular flexibility index (Phi) is 5.95. The third-order valence-corrected chi connectivity index (χ3v) is 12.3. The van der Waals surface area contributed by atoms with E-state index in [0.717, 1.165) is 33.9 Å². The second kappa shape index (κ2) is 10.0. The summed E-state index contributed by atoms with van der Waals surface area (Å²) in [5.41, 5.74) is 10.3. The largest absolute Gasteiger partial charge is 0.228 e. The van der Waals surface area contributed by atoms with Gasteiger partial charge in [0.05, 0.1) is 11.4 Å². The van der Waals surface area contributed by atoms with E-state index >= 15 is 0 Å². The fraction of sp³-hybridized carbons (Fsp3) is 0.0500. The molecular weight excluding hydrogens is 537 g/mol. The monoisotopic (exact) mass is 566 g/mol. The Bertz CT molecular complexity index is 2160. The maximum atomic E-state index is 5.41. The van der Waals surface area contributed by atoms with Crippen molar-refractivity contribution in [3.05, 3.63) is 146 Å². The molecule has 0 saturated carbocycles. The van der Waals surface area contributed by atoms with Gasteiger partial charge < -0.3 is 0 Å². The lowest BCUT2D eigenvalue weighted by atomic mass is 9.99. The van der Waals surface area contributed by atoms with Gasteiger partial charge in [-0.2, -0.15) is 0 Å². The first kappa shape index (κ1) is 25.6. The van der Waals surface area contributed by atoms with E-state index in [0.29, 0.717) is 0 Å². The van der Waals surface area contributed by atoms with Gasteiger partial charge in [-0.1, -0.05) is 140 Å². The van der Waals surface area contributed by atoms with Crippen LogP contribution in [0.25, 0.3) is 66.9 Å². The van der Waals surface area contributed by atoms with Crippen molar-refractivity contribution in [2.24, 2.45) is 0 Å². The van der Waals surface area contributed by atoms with Crippen LogP contribution in [0.1, 0.15) is 0 Å². The first-order chi connectivity index (χ1) is 21.1. The standard InChI is InChI=1S/C40H30N2Si/c1-43(2)36-21-9-8-20-35(36)38-39(43)37(33-18-10-16-30(25-33)27-12-4-3-5-13-27)41-40(42-38)34-19-11-17-31(26-34)32-23-22-28-14-6-7-15-29(28)24-32/h3-26H,1-2H3. The van der Waals surface area contributed by atoms with Crippen LogP contribution in [0.3, 0.4) is 0 Å². The molecule has 0 aliphatic carbocycles. The molecular formula is C40H30N2Si. The molecule has 6 aromatic carbocycles. The minimum atomic E-state index is -2.04. The maximum absolute atomic E-state index is 5.41. The number of hydrogen-bond donors (Lipinski definition) is 0. The topological polar surface area (TPSA) is 25.8 Å². The van der Waals surface area contributed by atoms with Gasteiger partial charge in [0.2, 0.25) is 0 Å². The Balaban J connectivity index is 1.33. The zero-order valence-corrected chi connectivity index (χ0v) is 25.3. The zero-order valence-electron chi connectivity index (χ0n) is 24.3. The molecule has 0 atom stereocenters. The molecule has 0 spiro atoms. The van der Waals surface area contributed by atoms with Crippen LogP contribution in [0.4, 0.5) is 0 Å². The van der Waals surface area contributed by atoms with Crippen LogP contribution in [0, 0.1) is 0 Å². The van der Waals surface area contributed by atoms with Gasteiger partial charge in [-0.3, -0.25) is 0 Å². The number of rotatable bonds is 4. The van der Waals surface area contributed by atoms with Crippen molar-refractivity contribution in [2.45, 2.75) is 13.1 Å². The molecule has 0 saturated heterocycles. The second-order valence-electron chi connectivity index (χ2n) is 11.9. The minimum Gasteiger partial charge on any atom is -0.228 e. The molecule has 43 heavy (non-hydrogen) atoms. The summed E-state index contributed by atoms with van der Waals surface area (Å²) >= 11 is 0. The number of hydrogen-bond acceptors (Lipinski definition) is 2. The van der Waals surface area contributed by atoms with E-state index in [2.05, 4.69) is 159 Å². The van der Waals surface area contributed by atoms with Crippen molar-refractivity contribution in [1.82, 2.24) is 9.97 Å². The highest BCUT2D eigenvalue weighted by molar-refractivity contribution is 7.04. The summed E-state index contributed by atoms with van der Waals surface area (Å²) in [5, 5.41) is 5.25. The summed E-state index contributed by atoms with van der Waals surface area (Å²) in [7, 11) is -2.04. The Morgan fingerprint density at radius 3 is 1.84 bits per heavy atom. The molecule has 0 N–H and O–H groups in total. The summed E-state index contributed by atoms with van der Waals surface area (Å²) in [4.78, 5) is 10.7. The smallest absolute Gasteiger partial charge is 0.160 e. The van der Waals surface area contributed by atoms with E-state index in [9.17, 15) is 0 Å². The van der Waals surface area contributed by atoms with Crippen LogP contribution in [0.2, 0.25) is 13.1 Å². The molecule has 0 amide bonds. The first-order valence-corrected chi connectivity index (χ1v) is 17.8. The van der Waals surface area contributed by atoms with Crippen LogP contribution in [-0.4, -0.2) is 18.0 Å². The number of aromatic nitrogens is 2. The highest BCUT2D eigenvalue weighted by Gasteiger charge is 2.41. The van der Waals surface area contributed by atoms with Crippen molar-refractivity contribution >= 4 is 29.2 Å². The average molecular weight is 567 g/mol. The number of nitrogens with zero attached hydrogens (tertiary/aromatic N) is 2. The van der Waals surface area contributed by atoms with Gasteiger partial charge in [0.25, 0.3) is 0 Å². The Morgan fingerprint density at radius 2 is 1.00 bits per heavy atom. The fourth-order valence-electron chi connectivity index (χ4n) is 6.64. The predicted molar refractivity (Wildman–Crippen MR) is 183 cm³/mol. The van der Waals surface area contributed by atoms with Gasteiger partial charge >= 0.3 is 0 Å². The van der Waals surface area contributed by atoms with Gasteiger partial charge in [-0.05, 0) is 67.2 Å². The van der Waals surface area contributed by atoms with Crippen LogP contribution < -0.4 is 10.4 Å². The normalized spacial score (nSPS) is 13.1. The molecule has 0 unspecified atom stereocenters. The van der Waals surface area contributed by atoms with Gasteiger partial charge in [-0.15, -0.1) is 0 Å². The highest BCUT2D eigenvalue weighted by atomic mass is 28.3. The maximum Gasteiger partial charge on any atom is 0.160 e. The highest BCUT2D eigenvalue weighted by Crippen LogP contribution is 2.35. The molecule has 1 aromatic heterocycles. The molecule has 3 heteroatoms. The van der Waals surface area contributed by atoms with Gasteiger partial charge in [0.1, 0.15) is 8.07 Å². The molecule has 1 aliphatic heterocycles. The van der Waals surface area contributed by atoms with E-state index in [1.165, 1.54) is 43.4 Å². The van der Waals surface area contributed by atoms with E-state index in [-0.39, 0.29) is 0 Å². The molecule has 2 nitrogen and oxygen atoms in total.